The fourth-order valence-electron chi connectivity index (χ4n) is 2.00. The molecule has 2 rings (SSSR count). The van der Waals surface area contributed by atoms with Crippen LogP contribution in [0.15, 0.2) is 18.2 Å². The van der Waals surface area contributed by atoms with E-state index in [0.29, 0.717) is 18.2 Å². The molecule has 1 unspecified atom stereocenters. The number of carboxylic acid groups (broad SMARTS) is 1. The summed E-state index contributed by atoms with van der Waals surface area (Å²) in [5.41, 5.74) is 0.156. The summed E-state index contributed by atoms with van der Waals surface area (Å²) in [7, 11) is 0. The van der Waals surface area contributed by atoms with Gasteiger partial charge >= 0.3 is 12.0 Å². The molecule has 1 atom stereocenters. The fourth-order valence-corrected chi connectivity index (χ4v) is 2.17. The average Bonchev–Trinajstić information content (AvgIpc) is 2.41. The molecule has 1 aliphatic rings. The number of hydrogen-bond acceptors (Lipinski definition) is 3. The molecule has 1 aromatic rings. The molecule has 0 bridgehead atoms. The summed E-state index contributed by atoms with van der Waals surface area (Å²) in [6.07, 6.45) is 1.74. The minimum atomic E-state index is -1.15. The van der Waals surface area contributed by atoms with Crippen molar-refractivity contribution in [3.05, 3.63) is 28.8 Å². The number of anilines is 1. The summed E-state index contributed by atoms with van der Waals surface area (Å²) < 4.78 is 5.26. The first-order valence-corrected chi connectivity index (χ1v) is 6.62. The van der Waals surface area contributed by atoms with Crippen LogP contribution in [0.4, 0.5) is 10.5 Å². The van der Waals surface area contributed by atoms with Crippen LogP contribution < -0.4 is 10.6 Å². The van der Waals surface area contributed by atoms with Gasteiger partial charge in [-0.1, -0.05) is 11.6 Å². The Bertz CT molecular complexity index is 515. The molecule has 0 spiro atoms. The topological polar surface area (TPSA) is 87.7 Å². The third kappa shape index (κ3) is 3.85. The van der Waals surface area contributed by atoms with Gasteiger partial charge in [-0.25, -0.2) is 9.59 Å². The van der Waals surface area contributed by atoms with Gasteiger partial charge in [-0.05, 0) is 31.0 Å². The van der Waals surface area contributed by atoms with Crippen LogP contribution in [0, 0.1) is 0 Å². The molecular weight excluding hydrogens is 284 g/mol. The van der Waals surface area contributed by atoms with Gasteiger partial charge in [0.25, 0.3) is 0 Å². The lowest BCUT2D eigenvalue weighted by Gasteiger charge is -2.23. The molecule has 20 heavy (non-hydrogen) atoms. The molecule has 108 valence electrons. The Hall–Kier alpha value is -1.79. The number of carboxylic acids is 1. The van der Waals surface area contributed by atoms with Crippen molar-refractivity contribution in [2.24, 2.45) is 0 Å². The molecule has 0 aliphatic carbocycles. The molecular formula is C13H15ClN2O4. The van der Waals surface area contributed by atoms with Gasteiger partial charge in [0, 0.05) is 11.6 Å². The number of urea groups is 1. The molecule has 1 aliphatic heterocycles. The van der Waals surface area contributed by atoms with Gasteiger partial charge < -0.3 is 20.5 Å². The van der Waals surface area contributed by atoms with Crippen LogP contribution in [0.1, 0.15) is 23.2 Å². The van der Waals surface area contributed by atoms with Crippen molar-refractivity contribution in [1.29, 1.82) is 0 Å². The number of hydrogen-bond donors (Lipinski definition) is 3. The number of ether oxygens (including phenoxy) is 1. The van der Waals surface area contributed by atoms with Crippen LogP contribution >= 0.6 is 11.6 Å². The van der Waals surface area contributed by atoms with Gasteiger partial charge in [0.2, 0.25) is 0 Å². The zero-order valence-corrected chi connectivity index (χ0v) is 11.4. The Morgan fingerprint density at radius 3 is 2.85 bits per heavy atom. The highest BCUT2D eigenvalue weighted by molar-refractivity contribution is 6.31. The smallest absolute Gasteiger partial charge is 0.337 e. The molecule has 1 saturated heterocycles. The van der Waals surface area contributed by atoms with E-state index in [1.165, 1.54) is 18.2 Å². The molecule has 0 aromatic heterocycles. The first kappa shape index (κ1) is 14.6. The number of rotatable bonds is 3. The zero-order chi connectivity index (χ0) is 14.5. The van der Waals surface area contributed by atoms with Crippen LogP contribution in [-0.4, -0.2) is 36.4 Å². The standard InChI is InChI=1S/C13H15ClN2O4/c14-8-3-4-11(10(6-8)12(17)18)16-13(19)15-9-2-1-5-20-7-9/h3-4,6,9H,1-2,5,7H2,(H,17,18)(H2,15,16,19). The quantitative estimate of drug-likeness (QED) is 0.799. The first-order chi connectivity index (χ1) is 9.56. The molecule has 1 heterocycles. The second-order valence-corrected chi connectivity index (χ2v) is 4.94. The summed E-state index contributed by atoms with van der Waals surface area (Å²) in [5, 5.41) is 14.6. The van der Waals surface area contributed by atoms with Gasteiger partial charge in [-0.15, -0.1) is 0 Å². The van der Waals surface area contributed by atoms with E-state index in [1.54, 1.807) is 0 Å². The van der Waals surface area contributed by atoms with E-state index in [2.05, 4.69) is 10.6 Å². The highest BCUT2D eigenvalue weighted by Crippen LogP contribution is 2.20. The minimum absolute atomic E-state index is 0.0486. The van der Waals surface area contributed by atoms with Crippen molar-refractivity contribution in [3.63, 3.8) is 0 Å². The van der Waals surface area contributed by atoms with Crippen molar-refractivity contribution >= 4 is 29.3 Å². The summed E-state index contributed by atoms with van der Waals surface area (Å²) in [6.45, 7) is 1.18. The highest BCUT2D eigenvalue weighted by Gasteiger charge is 2.18. The normalized spacial score (nSPS) is 18.4. The van der Waals surface area contributed by atoms with Crippen LogP contribution in [0.25, 0.3) is 0 Å². The Balaban J connectivity index is 2.01. The van der Waals surface area contributed by atoms with Crippen LogP contribution in [0.3, 0.4) is 0 Å². The first-order valence-electron chi connectivity index (χ1n) is 6.24. The Kier molecular flexibility index (Phi) is 4.81. The lowest BCUT2D eigenvalue weighted by Crippen LogP contribution is -2.42. The number of amides is 2. The Morgan fingerprint density at radius 2 is 2.20 bits per heavy atom. The minimum Gasteiger partial charge on any atom is -0.478 e. The summed E-state index contributed by atoms with van der Waals surface area (Å²) in [5.74, 6) is -1.15. The molecule has 0 saturated carbocycles. The predicted octanol–water partition coefficient (Wildman–Crippen LogP) is 2.34. The second kappa shape index (κ2) is 6.58. The summed E-state index contributed by atoms with van der Waals surface area (Å²) in [6, 6.07) is 3.77. The second-order valence-electron chi connectivity index (χ2n) is 4.51. The maximum absolute atomic E-state index is 11.8. The van der Waals surface area contributed by atoms with Gasteiger partial charge in [0.15, 0.2) is 0 Å². The van der Waals surface area contributed by atoms with E-state index in [4.69, 9.17) is 21.4 Å². The monoisotopic (exact) mass is 298 g/mol. The largest absolute Gasteiger partial charge is 0.478 e. The third-order valence-corrected chi connectivity index (χ3v) is 3.19. The molecule has 1 fully saturated rings. The highest BCUT2D eigenvalue weighted by atomic mass is 35.5. The van der Waals surface area contributed by atoms with Crippen LogP contribution in [-0.2, 0) is 4.74 Å². The number of carbonyl (C=O) groups is 2. The summed E-state index contributed by atoms with van der Waals surface area (Å²) >= 11 is 5.74. The fraction of sp³-hybridized carbons (Fsp3) is 0.385. The molecule has 2 amide bonds. The average molecular weight is 299 g/mol. The van der Waals surface area contributed by atoms with E-state index in [-0.39, 0.29) is 17.3 Å². The van der Waals surface area contributed by atoms with E-state index >= 15 is 0 Å². The Labute approximate surface area is 121 Å². The molecule has 1 aromatic carbocycles. The number of halogens is 1. The van der Waals surface area contributed by atoms with E-state index in [0.717, 1.165) is 12.8 Å². The predicted molar refractivity (Wildman–Crippen MR) is 74.4 cm³/mol. The lowest BCUT2D eigenvalue weighted by atomic mass is 10.1. The van der Waals surface area contributed by atoms with Gasteiger partial charge in [0.05, 0.1) is 23.9 Å². The van der Waals surface area contributed by atoms with Crippen molar-refractivity contribution in [1.82, 2.24) is 5.32 Å². The zero-order valence-electron chi connectivity index (χ0n) is 10.7. The van der Waals surface area contributed by atoms with Crippen molar-refractivity contribution in [2.45, 2.75) is 18.9 Å². The van der Waals surface area contributed by atoms with Crippen LogP contribution in [0.5, 0.6) is 0 Å². The molecule has 6 nitrogen and oxygen atoms in total. The number of benzene rings is 1. The molecule has 3 N–H and O–H groups in total. The third-order valence-electron chi connectivity index (χ3n) is 2.96. The van der Waals surface area contributed by atoms with Gasteiger partial charge in [0.1, 0.15) is 0 Å². The van der Waals surface area contributed by atoms with Crippen LogP contribution in [0.2, 0.25) is 5.02 Å². The van der Waals surface area contributed by atoms with E-state index in [1.807, 2.05) is 0 Å². The van der Waals surface area contributed by atoms with Crippen molar-refractivity contribution in [2.75, 3.05) is 18.5 Å². The molecule has 0 radical (unpaired) electrons. The maximum Gasteiger partial charge on any atom is 0.337 e. The summed E-state index contributed by atoms with van der Waals surface area (Å²) in [4.78, 5) is 22.9. The maximum atomic E-state index is 11.8. The van der Waals surface area contributed by atoms with Crippen molar-refractivity contribution in [3.8, 4) is 0 Å². The van der Waals surface area contributed by atoms with Gasteiger partial charge in [-0.2, -0.15) is 0 Å². The lowest BCUT2D eigenvalue weighted by molar-refractivity contribution is 0.0697. The number of carbonyl (C=O) groups excluding carboxylic acids is 1. The van der Waals surface area contributed by atoms with E-state index in [9.17, 15) is 9.59 Å². The molecule has 7 heteroatoms. The number of nitrogens with one attached hydrogen (secondary N) is 2. The van der Waals surface area contributed by atoms with Crippen molar-refractivity contribution < 1.29 is 19.4 Å². The van der Waals surface area contributed by atoms with Gasteiger partial charge in [-0.3, -0.25) is 0 Å². The SMILES string of the molecule is O=C(Nc1ccc(Cl)cc1C(=O)O)NC1CCCOC1. The number of aromatic carboxylic acids is 1. The Morgan fingerprint density at radius 1 is 1.40 bits per heavy atom. The van der Waals surface area contributed by atoms with E-state index < -0.39 is 12.0 Å².